The van der Waals surface area contributed by atoms with E-state index in [4.69, 9.17) is 4.74 Å². The van der Waals surface area contributed by atoms with Crippen molar-refractivity contribution < 1.29 is 23.1 Å². The minimum absolute atomic E-state index is 0.123. The molecule has 3 rings (SSSR count). The van der Waals surface area contributed by atoms with E-state index in [0.29, 0.717) is 24.2 Å². The number of hydrogen-bond donors (Lipinski definition) is 3. The quantitative estimate of drug-likeness (QED) is 0.481. The van der Waals surface area contributed by atoms with Gasteiger partial charge >= 0.3 is 0 Å². The molecule has 2 aromatic carbocycles. The number of nitrogens with one attached hydrogen (secondary N) is 3. The molecule has 7 nitrogen and oxygen atoms in total. The number of aromatic amines is 1. The molecule has 0 spiro atoms. The molecular formula is C22H22F2N4O3. The van der Waals surface area contributed by atoms with Gasteiger partial charge in [0, 0.05) is 13.7 Å². The van der Waals surface area contributed by atoms with Gasteiger partial charge in [0.15, 0.2) is 0 Å². The lowest BCUT2D eigenvalue weighted by atomic mass is 10.1. The third-order valence-electron chi connectivity index (χ3n) is 4.57. The molecule has 0 saturated carbocycles. The van der Waals surface area contributed by atoms with Crippen LogP contribution in [0.3, 0.4) is 0 Å². The van der Waals surface area contributed by atoms with E-state index >= 15 is 4.39 Å². The molecule has 31 heavy (non-hydrogen) atoms. The van der Waals surface area contributed by atoms with Gasteiger partial charge in [-0.05, 0) is 42.8 Å². The van der Waals surface area contributed by atoms with Gasteiger partial charge < -0.3 is 15.4 Å². The summed E-state index contributed by atoms with van der Waals surface area (Å²) in [6, 6.07) is 7.90. The van der Waals surface area contributed by atoms with Crippen LogP contribution in [0.1, 0.15) is 28.5 Å². The lowest BCUT2D eigenvalue weighted by Gasteiger charge is -2.14. The standard InChI is InChI=1S/C22H22F2N4O3/c1-13(21(29)25-10-11-31-2)26-22(30)16-7-9-18-19(20(16)24)17(27-28-18)8-6-14-4-3-5-15(23)12-14/h3-9,12-13H,10-11H2,1-2H3,(H,25,29)(H,26,30)(H,27,28)/b8-6+/t13-/m0/s1. The Morgan fingerprint density at radius 2 is 2.03 bits per heavy atom. The lowest BCUT2D eigenvalue weighted by molar-refractivity contribution is -0.122. The number of hydrogen-bond acceptors (Lipinski definition) is 4. The number of H-pyrrole nitrogens is 1. The van der Waals surface area contributed by atoms with Crippen molar-refractivity contribution in [2.45, 2.75) is 13.0 Å². The van der Waals surface area contributed by atoms with Crippen LogP contribution in [0.15, 0.2) is 36.4 Å². The number of ether oxygens (including phenoxy) is 1. The average Bonchev–Trinajstić information content (AvgIpc) is 3.16. The molecule has 0 fully saturated rings. The Kier molecular flexibility index (Phi) is 7.09. The number of amides is 2. The van der Waals surface area contributed by atoms with E-state index in [0.717, 1.165) is 0 Å². The summed E-state index contributed by atoms with van der Waals surface area (Å²) in [6.07, 6.45) is 3.13. The van der Waals surface area contributed by atoms with Crippen LogP contribution in [0.2, 0.25) is 0 Å². The number of nitrogens with zero attached hydrogens (tertiary/aromatic N) is 1. The van der Waals surface area contributed by atoms with Crippen molar-refractivity contribution in [2.75, 3.05) is 20.3 Å². The molecule has 0 unspecified atom stereocenters. The topological polar surface area (TPSA) is 96.1 Å². The van der Waals surface area contributed by atoms with Crippen LogP contribution in [0.25, 0.3) is 23.1 Å². The van der Waals surface area contributed by atoms with Gasteiger partial charge in [-0.2, -0.15) is 5.10 Å². The Labute approximate surface area is 177 Å². The maximum absolute atomic E-state index is 15.2. The molecule has 2 amide bonds. The zero-order valence-electron chi connectivity index (χ0n) is 17.0. The number of halogens is 2. The van der Waals surface area contributed by atoms with E-state index in [1.807, 2.05) is 0 Å². The first-order chi connectivity index (χ1) is 14.9. The second-order valence-electron chi connectivity index (χ2n) is 6.83. The molecule has 0 radical (unpaired) electrons. The average molecular weight is 428 g/mol. The molecule has 3 N–H and O–H groups in total. The van der Waals surface area contributed by atoms with Gasteiger partial charge in [-0.15, -0.1) is 0 Å². The summed E-state index contributed by atoms with van der Waals surface area (Å²) in [5.41, 5.74) is 1.03. The Morgan fingerprint density at radius 1 is 1.23 bits per heavy atom. The highest BCUT2D eigenvalue weighted by Crippen LogP contribution is 2.24. The minimum atomic E-state index is -0.865. The molecule has 162 valence electrons. The molecule has 0 aliphatic rings. The predicted octanol–water partition coefficient (Wildman–Crippen LogP) is 2.89. The fraction of sp³-hybridized carbons (Fsp3) is 0.227. The van der Waals surface area contributed by atoms with E-state index in [1.54, 1.807) is 18.2 Å². The van der Waals surface area contributed by atoms with Crippen LogP contribution < -0.4 is 10.6 Å². The molecular weight excluding hydrogens is 406 g/mol. The molecule has 1 aromatic heterocycles. The van der Waals surface area contributed by atoms with E-state index < -0.39 is 23.7 Å². The van der Waals surface area contributed by atoms with Gasteiger partial charge in [0.05, 0.1) is 28.8 Å². The zero-order valence-corrected chi connectivity index (χ0v) is 17.0. The number of aromatic nitrogens is 2. The summed E-state index contributed by atoms with van der Waals surface area (Å²) in [5, 5.41) is 12.0. The van der Waals surface area contributed by atoms with Crippen LogP contribution in [0.5, 0.6) is 0 Å². The summed E-state index contributed by atoms with van der Waals surface area (Å²) in [4.78, 5) is 24.6. The van der Waals surface area contributed by atoms with Gasteiger partial charge in [0.1, 0.15) is 17.7 Å². The van der Waals surface area contributed by atoms with Crippen LogP contribution in [-0.4, -0.2) is 48.3 Å². The van der Waals surface area contributed by atoms with E-state index in [1.165, 1.54) is 44.4 Å². The second-order valence-corrected chi connectivity index (χ2v) is 6.83. The van der Waals surface area contributed by atoms with Gasteiger partial charge in [-0.3, -0.25) is 14.7 Å². The fourth-order valence-electron chi connectivity index (χ4n) is 2.95. The van der Waals surface area contributed by atoms with E-state index in [-0.39, 0.29) is 22.5 Å². The highest BCUT2D eigenvalue weighted by atomic mass is 19.1. The highest BCUT2D eigenvalue weighted by molar-refractivity contribution is 6.02. The first kappa shape index (κ1) is 22.1. The Balaban J connectivity index is 1.81. The van der Waals surface area contributed by atoms with Crippen LogP contribution in [0.4, 0.5) is 8.78 Å². The molecule has 0 aliphatic heterocycles. The normalized spacial score (nSPS) is 12.3. The van der Waals surface area contributed by atoms with Gasteiger partial charge in [-0.1, -0.05) is 18.2 Å². The SMILES string of the molecule is COCCNC(=O)[C@H](C)NC(=O)c1ccc2[nH]nc(/C=C/c3cccc(F)c3)c2c1F. The van der Waals surface area contributed by atoms with E-state index in [9.17, 15) is 14.0 Å². The largest absolute Gasteiger partial charge is 0.383 e. The monoisotopic (exact) mass is 428 g/mol. The number of carbonyl (C=O) groups excluding carboxylic acids is 2. The summed E-state index contributed by atoms with van der Waals surface area (Å²) in [7, 11) is 1.51. The number of carbonyl (C=O) groups is 2. The maximum Gasteiger partial charge on any atom is 0.254 e. The first-order valence-corrected chi connectivity index (χ1v) is 9.58. The molecule has 1 atom stereocenters. The molecule has 3 aromatic rings. The Morgan fingerprint density at radius 3 is 2.77 bits per heavy atom. The van der Waals surface area contributed by atoms with Crippen molar-refractivity contribution in [3.63, 3.8) is 0 Å². The lowest BCUT2D eigenvalue weighted by Crippen LogP contribution is -2.45. The smallest absolute Gasteiger partial charge is 0.254 e. The Bertz CT molecular complexity index is 1130. The molecule has 9 heteroatoms. The van der Waals surface area contributed by atoms with Crippen LogP contribution in [0, 0.1) is 11.6 Å². The van der Waals surface area contributed by atoms with Gasteiger partial charge in [-0.25, -0.2) is 8.78 Å². The van der Waals surface area contributed by atoms with Crippen LogP contribution in [-0.2, 0) is 9.53 Å². The van der Waals surface area contributed by atoms with Gasteiger partial charge in [0.2, 0.25) is 5.91 Å². The van der Waals surface area contributed by atoms with Crippen molar-refractivity contribution in [2.24, 2.45) is 0 Å². The molecule has 0 saturated heterocycles. The predicted molar refractivity (Wildman–Crippen MR) is 113 cm³/mol. The number of rotatable bonds is 8. The summed E-state index contributed by atoms with van der Waals surface area (Å²) < 4.78 is 33.4. The summed E-state index contributed by atoms with van der Waals surface area (Å²) in [6.45, 7) is 2.14. The number of benzene rings is 2. The summed E-state index contributed by atoms with van der Waals surface area (Å²) >= 11 is 0. The van der Waals surface area contributed by atoms with Crippen LogP contribution >= 0.6 is 0 Å². The molecule has 0 bridgehead atoms. The van der Waals surface area contributed by atoms with Crippen molar-refractivity contribution in [3.05, 3.63) is 64.9 Å². The third kappa shape index (κ3) is 5.32. The summed E-state index contributed by atoms with van der Waals surface area (Å²) in [5.74, 6) is -2.29. The minimum Gasteiger partial charge on any atom is -0.383 e. The highest BCUT2D eigenvalue weighted by Gasteiger charge is 2.21. The van der Waals surface area contributed by atoms with Gasteiger partial charge in [0.25, 0.3) is 5.91 Å². The first-order valence-electron chi connectivity index (χ1n) is 9.58. The van der Waals surface area contributed by atoms with Crippen molar-refractivity contribution >= 4 is 34.9 Å². The number of methoxy groups -OCH3 is 1. The Hall–Kier alpha value is -3.59. The van der Waals surface area contributed by atoms with E-state index in [2.05, 4.69) is 20.8 Å². The third-order valence-corrected chi connectivity index (χ3v) is 4.57. The molecule has 1 heterocycles. The number of fused-ring (bicyclic) bond motifs is 1. The fourth-order valence-corrected chi connectivity index (χ4v) is 2.95. The maximum atomic E-state index is 15.2. The van der Waals surface area contributed by atoms with Crippen molar-refractivity contribution in [1.82, 2.24) is 20.8 Å². The zero-order chi connectivity index (χ0) is 22.4. The van der Waals surface area contributed by atoms with Crippen molar-refractivity contribution in [3.8, 4) is 0 Å². The second kappa shape index (κ2) is 9.94. The molecule has 0 aliphatic carbocycles. The van der Waals surface area contributed by atoms with Crippen molar-refractivity contribution in [1.29, 1.82) is 0 Å².